The summed E-state index contributed by atoms with van der Waals surface area (Å²) in [4.78, 5) is 42.4. The maximum absolute atomic E-state index is 14.4. The minimum atomic E-state index is -0.850. The van der Waals surface area contributed by atoms with Gasteiger partial charge in [-0.2, -0.15) is 0 Å². The fraction of sp³-hybridized carbons (Fsp3) is 0.296. The van der Waals surface area contributed by atoms with E-state index in [1.54, 1.807) is 31.2 Å². The summed E-state index contributed by atoms with van der Waals surface area (Å²) < 4.78 is 14.4. The Hall–Kier alpha value is -3.74. The highest BCUT2D eigenvalue weighted by atomic mass is 19.1. The van der Waals surface area contributed by atoms with E-state index in [9.17, 15) is 18.8 Å². The zero-order chi connectivity index (χ0) is 24.4. The highest BCUT2D eigenvalue weighted by Gasteiger charge is 2.34. The molecule has 3 aromatic rings. The molecular weight excluding hydrogens is 433 g/mol. The van der Waals surface area contributed by atoms with E-state index in [4.69, 9.17) is 0 Å². The number of carbonyl (C=O) groups excluding carboxylic acids is 3. The number of carbonyl (C=O) groups is 3. The minimum Gasteiger partial charge on any atom is -0.352 e. The Morgan fingerprint density at radius 3 is 2.44 bits per heavy atom. The molecule has 1 N–H and O–H groups in total. The Labute approximate surface area is 198 Å². The number of hydrogen-bond acceptors (Lipinski definition) is 3. The zero-order valence-corrected chi connectivity index (χ0v) is 19.5. The van der Waals surface area contributed by atoms with Crippen LogP contribution in [0.25, 0.3) is 10.8 Å². The standard InChI is InChI=1S/C27H28FN3O3/c1-4-17(2)29-26(33)18(3)30(15-20-9-5-6-13-22(20)28)24(32)16-31-23-14-8-11-19-10-7-12-21(25(19)23)27(31)34/h5-14,17-18H,4,15-16H2,1-3H3,(H,29,33)/t17-,18-/m0/s1. The number of nitrogens with zero attached hydrogens (tertiary/aromatic N) is 2. The number of halogens is 1. The van der Waals surface area contributed by atoms with Crippen molar-refractivity contribution in [3.63, 3.8) is 0 Å². The second-order valence-electron chi connectivity index (χ2n) is 8.68. The molecule has 0 aliphatic carbocycles. The molecule has 2 atom stereocenters. The maximum atomic E-state index is 14.4. The molecule has 1 heterocycles. The number of benzene rings is 3. The molecule has 0 spiro atoms. The average Bonchev–Trinajstić information content (AvgIpc) is 3.11. The highest BCUT2D eigenvalue weighted by molar-refractivity contribution is 6.26. The largest absolute Gasteiger partial charge is 0.352 e. The lowest BCUT2D eigenvalue weighted by Gasteiger charge is -2.31. The van der Waals surface area contributed by atoms with Crippen LogP contribution in [0.3, 0.4) is 0 Å². The van der Waals surface area contributed by atoms with Crippen molar-refractivity contribution < 1.29 is 18.8 Å². The van der Waals surface area contributed by atoms with Gasteiger partial charge in [0.25, 0.3) is 5.91 Å². The van der Waals surface area contributed by atoms with Gasteiger partial charge in [-0.15, -0.1) is 0 Å². The first-order chi connectivity index (χ1) is 16.3. The van der Waals surface area contributed by atoms with Crippen LogP contribution < -0.4 is 10.2 Å². The van der Waals surface area contributed by atoms with Gasteiger partial charge in [-0.05, 0) is 43.9 Å². The summed E-state index contributed by atoms with van der Waals surface area (Å²) in [6.07, 6.45) is 0.740. The lowest BCUT2D eigenvalue weighted by atomic mass is 10.1. The third-order valence-corrected chi connectivity index (χ3v) is 6.41. The molecule has 34 heavy (non-hydrogen) atoms. The molecule has 3 aromatic carbocycles. The van der Waals surface area contributed by atoms with Crippen LogP contribution in [0.1, 0.15) is 43.1 Å². The number of amides is 3. The van der Waals surface area contributed by atoms with Crippen LogP contribution in [0.5, 0.6) is 0 Å². The van der Waals surface area contributed by atoms with E-state index in [0.29, 0.717) is 16.8 Å². The fourth-order valence-electron chi connectivity index (χ4n) is 4.22. The van der Waals surface area contributed by atoms with E-state index in [1.807, 2.05) is 44.2 Å². The van der Waals surface area contributed by atoms with Gasteiger partial charge in [-0.3, -0.25) is 19.3 Å². The molecule has 7 heteroatoms. The molecule has 6 nitrogen and oxygen atoms in total. The van der Waals surface area contributed by atoms with Crippen LogP contribution in [0, 0.1) is 5.82 Å². The molecule has 0 bridgehead atoms. The van der Waals surface area contributed by atoms with Crippen molar-refractivity contribution in [3.8, 4) is 0 Å². The van der Waals surface area contributed by atoms with Gasteiger partial charge in [0, 0.05) is 29.1 Å². The van der Waals surface area contributed by atoms with Gasteiger partial charge in [0.05, 0.1) is 5.69 Å². The SMILES string of the molecule is CC[C@H](C)NC(=O)[C@H](C)N(Cc1ccccc1F)C(=O)CN1C(=O)c2cccc3cccc1c23. The molecule has 176 valence electrons. The predicted octanol–water partition coefficient (Wildman–Crippen LogP) is 4.27. The fourth-order valence-corrected chi connectivity index (χ4v) is 4.22. The molecule has 0 aromatic heterocycles. The minimum absolute atomic E-state index is 0.0624. The topological polar surface area (TPSA) is 69.7 Å². The molecule has 4 rings (SSSR count). The van der Waals surface area contributed by atoms with Crippen LogP contribution in [-0.4, -0.2) is 41.2 Å². The van der Waals surface area contributed by atoms with Gasteiger partial charge in [0.1, 0.15) is 18.4 Å². The summed E-state index contributed by atoms with van der Waals surface area (Å²) in [6.45, 7) is 5.13. The van der Waals surface area contributed by atoms with Crippen LogP contribution in [0.4, 0.5) is 10.1 Å². The number of nitrogens with one attached hydrogen (secondary N) is 1. The van der Waals surface area contributed by atoms with Gasteiger partial charge in [0.15, 0.2) is 0 Å². The first kappa shape index (κ1) is 23.4. The van der Waals surface area contributed by atoms with E-state index >= 15 is 0 Å². The quantitative estimate of drug-likeness (QED) is 0.545. The van der Waals surface area contributed by atoms with Gasteiger partial charge in [0.2, 0.25) is 11.8 Å². The van der Waals surface area contributed by atoms with Crippen molar-refractivity contribution >= 4 is 34.2 Å². The van der Waals surface area contributed by atoms with Crippen molar-refractivity contribution in [2.24, 2.45) is 0 Å². The first-order valence-corrected chi connectivity index (χ1v) is 11.5. The van der Waals surface area contributed by atoms with Crippen LogP contribution in [0.2, 0.25) is 0 Å². The van der Waals surface area contributed by atoms with Crippen molar-refractivity contribution in [2.45, 2.75) is 45.8 Å². The number of hydrogen-bond donors (Lipinski definition) is 1. The van der Waals surface area contributed by atoms with E-state index in [0.717, 1.165) is 17.2 Å². The Morgan fingerprint density at radius 1 is 1.03 bits per heavy atom. The molecule has 0 radical (unpaired) electrons. The Bertz CT molecular complexity index is 1250. The Balaban J connectivity index is 1.63. The van der Waals surface area contributed by atoms with Crippen molar-refractivity contribution in [3.05, 3.63) is 77.6 Å². The molecule has 0 saturated carbocycles. The smallest absolute Gasteiger partial charge is 0.259 e. The van der Waals surface area contributed by atoms with E-state index in [-0.39, 0.29) is 30.9 Å². The third-order valence-electron chi connectivity index (χ3n) is 6.41. The first-order valence-electron chi connectivity index (χ1n) is 11.5. The van der Waals surface area contributed by atoms with Crippen LogP contribution in [-0.2, 0) is 16.1 Å². The van der Waals surface area contributed by atoms with Gasteiger partial charge in [-0.1, -0.05) is 49.4 Å². The van der Waals surface area contributed by atoms with E-state index < -0.39 is 17.8 Å². The number of rotatable bonds is 8. The van der Waals surface area contributed by atoms with Gasteiger partial charge in [-0.25, -0.2) is 4.39 Å². The monoisotopic (exact) mass is 461 g/mol. The molecule has 0 unspecified atom stereocenters. The Morgan fingerprint density at radius 2 is 1.74 bits per heavy atom. The van der Waals surface area contributed by atoms with Crippen molar-refractivity contribution in [1.29, 1.82) is 0 Å². The summed E-state index contributed by atoms with van der Waals surface area (Å²) >= 11 is 0. The summed E-state index contributed by atoms with van der Waals surface area (Å²) in [7, 11) is 0. The van der Waals surface area contributed by atoms with E-state index in [2.05, 4.69) is 5.32 Å². The summed E-state index contributed by atoms with van der Waals surface area (Å²) in [5.74, 6) is -1.47. The summed E-state index contributed by atoms with van der Waals surface area (Å²) in [5.41, 5.74) is 1.51. The molecular formula is C27H28FN3O3. The van der Waals surface area contributed by atoms with E-state index in [1.165, 1.54) is 15.9 Å². The summed E-state index contributed by atoms with van der Waals surface area (Å²) in [6, 6.07) is 16.3. The van der Waals surface area contributed by atoms with Crippen molar-refractivity contribution in [1.82, 2.24) is 10.2 Å². The molecule has 3 amide bonds. The lowest BCUT2D eigenvalue weighted by Crippen LogP contribution is -2.52. The summed E-state index contributed by atoms with van der Waals surface area (Å²) in [5, 5.41) is 4.62. The van der Waals surface area contributed by atoms with Crippen LogP contribution in [0.15, 0.2) is 60.7 Å². The Kier molecular flexibility index (Phi) is 6.63. The van der Waals surface area contributed by atoms with Crippen molar-refractivity contribution in [2.75, 3.05) is 11.4 Å². The maximum Gasteiger partial charge on any atom is 0.259 e. The average molecular weight is 462 g/mol. The predicted molar refractivity (Wildman–Crippen MR) is 130 cm³/mol. The molecule has 0 fully saturated rings. The molecule has 1 aliphatic heterocycles. The molecule has 1 aliphatic rings. The van der Waals surface area contributed by atoms with Gasteiger partial charge >= 0.3 is 0 Å². The normalized spacial score (nSPS) is 14.2. The van der Waals surface area contributed by atoms with Gasteiger partial charge < -0.3 is 10.2 Å². The van der Waals surface area contributed by atoms with Crippen LogP contribution >= 0.6 is 0 Å². The second-order valence-corrected chi connectivity index (χ2v) is 8.68. The highest BCUT2D eigenvalue weighted by Crippen LogP contribution is 2.37. The number of anilines is 1. The molecule has 0 saturated heterocycles. The zero-order valence-electron chi connectivity index (χ0n) is 19.5. The second kappa shape index (κ2) is 9.63. The lowest BCUT2D eigenvalue weighted by molar-refractivity contribution is -0.139. The third kappa shape index (κ3) is 4.38.